The molecule has 0 aliphatic carbocycles. The fraction of sp³-hybridized carbons (Fsp3) is 0. The number of hydrogen-bond donors (Lipinski definition) is 4. The molecule has 0 atom stereocenters. The SMILES string of the molecule is Cl.Clc1ccccc1.N=C(N)c1cc2ccccc2n1C(=N)N. The van der Waals surface area contributed by atoms with Crippen LogP contribution in [-0.2, 0) is 0 Å². The molecule has 3 rings (SSSR count). The van der Waals surface area contributed by atoms with Crippen LogP contribution in [0.4, 0.5) is 0 Å². The van der Waals surface area contributed by atoms with Crippen LogP contribution in [0.15, 0.2) is 60.7 Å². The van der Waals surface area contributed by atoms with Gasteiger partial charge in [0.1, 0.15) is 5.84 Å². The quantitative estimate of drug-likeness (QED) is 0.399. The second-order valence-corrected chi connectivity index (χ2v) is 4.95. The van der Waals surface area contributed by atoms with Crippen molar-refractivity contribution in [1.82, 2.24) is 4.57 Å². The minimum atomic E-state index is -0.138. The van der Waals surface area contributed by atoms with E-state index in [0.29, 0.717) is 5.69 Å². The lowest BCUT2D eigenvalue weighted by molar-refractivity contribution is 1.12. The summed E-state index contributed by atoms with van der Waals surface area (Å²) in [5, 5.41) is 16.6. The van der Waals surface area contributed by atoms with Crippen molar-refractivity contribution in [3.8, 4) is 0 Å². The number of nitrogens with one attached hydrogen (secondary N) is 2. The second-order valence-electron chi connectivity index (χ2n) is 4.52. The average Bonchev–Trinajstić information content (AvgIpc) is 2.88. The summed E-state index contributed by atoms with van der Waals surface area (Å²) in [5.41, 5.74) is 12.1. The molecule has 0 aliphatic rings. The zero-order chi connectivity index (χ0) is 16.1. The third-order valence-electron chi connectivity index (χ3n) is 2.96. The number of hydrogen-bond acceptors (Lipinski definition) is 2. The van der Waals surface area contributed by atoms with Crippen LogP contribution in [-0.4, -0.2) is 16.4 Å². The van der Waals surface area contributed by atoms with Gasteiger partial charge in [-0.15, -0.1) is 12.4 Å². The number of fused-ring (bicyclic) bond motifs is 1. The molecule has 0 spiro atoms. The van der Waals surface area contributed by atoms with Gasteiger partial charge in [-0.25, -0.2) is 0 Å². The van der Waals surface area contributed by atoms with E-state index in [1.54, 1.807) is 6.07 Å². The molecule has 1 heterocycles. The Bertz CT molecular complexity index is 812. The minimum Gasteiger partial charge on any atom is -0.382 e. The maximum absolute atomic E-state index is 7.46. The summed E-state index contributed by atoms with van der Waals surface area (Å²) in [4.78, 5) is 0. The Labute approximate surface area is 145 Å². The molecule has 23 heavy (non-hydrogen) atoms. The topological polar surface area (TPSA) is 105 Å². The van der Waals surface area contributed by atoms with Crippen LogP contribution in [0.1, 0.15) is 5.69 Å². The van der Waals surface area contributed by atoms with E-state index in [1.807, 2.05) is 54.6 Å². The number of aromatic nitrogens is 1. The Kier molecular flexibility index (Phi) is 6.63. The number of nitrogen functional groups attached to an aromatic ring is 2. The maximum atomic E-state index is 7.46. The third kappa shape index (κ3) is 4.48. The Balaban J connectivity index is 0.000000280. The molecule has 7 heteroatoms. The minimum absolute atomic E-state index is 0. The molecule has 5 nitrogen and oxygen atoms in total. The summed E-state index contributed by atoms with van der Waals surface area (Å²) in [6, 6.07) is 18.7. The molecule has 0 bridgehead atoms. The summed E-state index contributed by atoms with van der Waals surface area (Å²) in [6.07, 6.45) is 0. The zero-order valence-electron chi connectivity index (χ0n) is 12.2. The molecule has 0 unspecified atom stereocenters. The molecule has 0 saturated heterocycles. The van der Waals surface area contributed by atoms with Gasteiger partial charge in [0.25, 0.3) is 0 Å². The summed E-state index contributed by atoms with van der Waals surface area (Å²) >= 11 is 5.54. The molecule has 0 saturated carbocycles. The van der Waals surface area contributed by atoms with Gasteiger partial charge in [-0.2, -0.15) is 0 Å². The van der Waals surface area contributed by atoms with Gasteiger partial charge in [-0.1, -0.05) is 48.0 Å². The molecule has 1 aromatic heterocycles. The monoisotopic (exact) mass is 349 g/mol. The predicted molar refractivity (Wildman–Crippen MR) is 99.0 cm³/mol. The van der Waals surface area contributed by atoms with E-state index < -0.39 is 0 Å². The normalized spacial score (nSPS) is 9.43. The van der Waals surface area contributed by atoms with Crippen molar-refractivity contribution in [2.75, 3.05) is 0 Å². The fourth-order valence-corrected chi connectivity index (χ4v) is 2.17. The van der Waals surface area contributed by atoms with E-state index >= 15 is 0 Å². The van der Waals surface area contributed by atoms with E-state index in [4.69, 9.17) is 33.9 Å². The summed E-state index contributed by atoms with van der Waals surface area (Å²) in [5.74, 6) is -0.234. The molecule has 0 radical (unpaired) electrons. The summed E-state index contributed by atoms with van der Waals surface area (Å²) in [7, 11) is 0. The van der Waals surface area contributed by atoms with Gasteiger partial charge < -0.3 is 11.5 Å². The fourth-order valence-electron chi connectivity index (χ4n) is 2.03. The van der Waals surface area contributed by atoms with Crippen LogP contribution in [0.3, 0.4) is 0 Å². The molecule has 120 valence electrons. The lowest BCUT2D eigenvalue weighted by Gasteiger charge is -2.06. The van der Waals surface area contributed by atoms with Crippen LogP contribution in [0.2, 0.25) is 5.02 Å². The van der Waals surface area contributed by atoms with Gasteiger partial charge in [0.2, 0.25) is 0 Å². The van der Waals surface area contributed by atoms with Crippen molar-refractivity contribution in [2.45, 2.75) is 0 Å². The molecular weight excluding hydrogens is 333 g/mol. The third-order valence-corrected chi connectivity index (χ3v) is 3.21. The van der Waals surface area contributed by atoms with Gasteiger partial charge in [0.15, 0.2) is 5.96 Å². The van der Waals surface area contributed by atoms with Crippen LogP contribution in [0, 0.1) is 10.8 Å². The van der Waals surface area contributed by atoms with E-state index in [0.717, 1.165) is 15.9 Å². The van der Waals surface area contributed by atoms with Crippen molar-refractivity contribution in [2.24, 2.45) is 11.5 Å². The molecule has 0 amide bonds. The Hall–Kier alpha value is -2.50. The van der Waals surface area contributed by atoms with E-state index in [2.05, 4.69) is 0 Å². The van der Waals surface area contributed by atoms with Crippen molar-refractivity contribution in [1.29, 1.82) is 10.8 Å². The Morgan fingerprint density at radius 3 is 1.96 bits per heavy atom. The maximum Gasteiger partial charge on any atom is 0.197 e. The highest BCUT2D eigenvalue weighted by molar-refractivity contribution is 6.30. The lowest BCUT2D eigenvalue weighted by atomic mass is 10.2. The van der Waals surface area contributed by atoms with E-state index in [1.165, 1.54) is 4.57 Å². The lowest BCUT2D eigenvalue weighted by Crippen LogP contribution is -2.26. The smallest absolute Gasteiger partial charge is 0.197 e. The number of nitrogens with zero attached hydrogens (tertiary/aromatic N) is 1. The highest BCUT2D eigenvalue weighted by Crippen LogP contribution is 2.18. The molecular formula is C16H17Cl2N5. The summed E-state index contributed by atoms with van der Waals surface area (Å²) in [6.45, 7) is 0. The zero-order valence-corrected chi connectivity index (χ0v) is 13.7. The van der Waals surface area contributed by atoms with E-state index in [-0.39, 0.29) is 24.2 Å². The van der Waals surface area contributed by atoms with Crippen molar-refractivity contribution in [3.05, 3.63) is 71.4 Å². The standard InChI is InChI=1S/C10H11N5.C6H5Cl.ClH/c11-9(12)8-5-6-3-1-2-4-7(6)15(8)10(13)14;7-6-4-2-1-3-5-6;/h1-5H,(H3,11,12)(H3,13,14);1-5H;1H. The highest BCUT2D eigenvalue weighted by Gasteiger charge is 2.11. The Morgan fingerprint density at radius 1 is 0.913 bits per heavy atom. The number of rotatable bonds is 1. The number of para-hydroxylation sites is 1. The number of benzene rings is 2. The first-order valence-corrected chi connectivity index (χ1v) is 6.88. The summed E-state index contributed by atoms with van der Waals surface area (Å²) < 4.78 is 1.46. The largest absolute Gasteiger partial charge is 0.382 e. The average molecular weight is 350 g/mol. The first kappa shape index (κ1) is 18.5. The highest BCUT2D eigenvalue weighted by atomic mass is 35.5. The number of nitrogens with two attached hydrogens (primary N) is 2. The number of amidine groups is 1. The van der Waals surface area contributed by atoms with Gasteiger partial charge in [0.05, 0.1) is 11.2 Å². The molecule has 2 aromatic carbocycles. The molecule has 3 aromatic rings. The van der Waals surface area contributed by atoms with Gasteiger partial charge in [0, 0.05) is 10.4 Å². The van der Waals surface area contributed by atoms with Crippen molar-refractivity contribution in [3.63, 3.8) is 0 Å². The van der Waals surface area contributed by atoms with E-state index in [9.17, 15) is 0 Å². The predicted octanol–water partition coefficient (Wildman–Crippen LogP) is 3.43. The van der Waals surface area contributed by atoms with Gasteiger partial charge >= 0.3 is 0 Å². The van der Waals surface area contributed by atoms with Crippen LogP contribution < -0.4 is 11.5 Å². The van der Waals surface area contributed by atoms with Crippen LogP contribution in [0.25, 0.3) is 10.9 Å². The molecule has 0 fully saturated rings. The Morgan fingerprint density at radius 2 is 1.48 bits per heavy atom. The van der Waals surface area contributed by atoms with Crippen LogP contribution in [0.5, 0.6) is 0 Å². The van der Waals surface area contributed by atoms with Gasteiger partial charge in [-0.05, 0) is 24.3 Å². The van der Waals surface area contributed by atoms with Crippen molar-refractivity contribution >= 4 is 46.7 Å². The number of halogens is 2. The van der Waals surface area contributed by atoms with Crippen LogP contribution >= 0.6 is 24.0 Å². The molecule has 6 N–H and O–H groups in total. The second kappa shape index (κ2) is 8.22. The first-order valence-electron chi connectivity index (χ1n) is 6.50. The van der Waals surface area contributed by atoms with Gasteiger partial charge in [-0.3, -0.25) is 15.4 Å². The first-order chi connectivity index (χ1) is 10.5. The van der Waals surface area contributed by atoms with Crippen molar-refractivity contribution < 1.29 is 0 Å². The molecule has 0 aliphatic heterocycles.